The zero-order chi connectivity index (χ0) is 24.4. The van der Waals surface area contributed by atoms with Gasteiger partial charge in [-0.25, -0.2) is 0 Å². The van der Waals surface area contributed by atoms with Crippen LogP contribution in [0.2, 0.25) is 0 Å². The molecule has 0 aliphatic carbocycles. The quantitative estimate of drug-likeness (QED) is 0.149. The van der Waals surface area contributed by atoms with Gasteiger partial charge in [-0.1, -0.05) is 60.4 Å². The van der Waals surface area contributed by atoms with Crippen LogP contribution in [0.4, 0.5) is 0 Å². The van der Waals surface area contributed by atoms with Crippen LogP contribution in [-0.4, -0.2) is 42.4 Å². The highest BCUT2D eigenvalue weighted by molar-refractivity contribution is 5.06. The summed E-state index contributed by atoms with van der Waals surface area (Å²) in [5, 5.41) is 10.5. The van der Waals surface area contributed by atoms with Crippen molar-refractivity contribution < 1.29 is 33.6 Å². The average Bonchev–Trinajstić information content (AvgIpc) is 2.68. The number of rotatable bonds is 12. The molecule has 0 saturated carbocycles. The molecule has 1 aliphatic rings. The highest BCUT2D eigenvalue weighted by atomic mass is 127. The number of hydrogen-bond donors (Lipinski definition) is 1. The number of aliphatic hydroxyl groups is 1. The highest BCUT2D eigenvalue weighted by Crippen LogP contribution is 2.40. The molecule has 1 fully saturated rings. The third-order valence-electron chi connectivity index (χ3n) is 7.63. The van der Waals surface area contributed by atoms with Crippen molar-refractivity contribution >= 4 is 0 Å². The smallest absolute Gasteiger partial charge is 0.0965 e. The lowest BCUT2D eigenvalue weighted by molar-refractivity contribution is -0.930. The first-order valence-corrected chi connectivity index (χ1v) is 13.0. The van der Waals surface area contributed by atoms with Crippen molar-refractivity contribution in [2.24, 2.45) is 5.41 Å². The Kier molecular flexibility index (Phi) is 15.4. The lowest BCUT2D eigenvalue weighted by atomic mass is 9.71. The Morgan fingerprint density at radius 3 is 1.76 bits per heavy atom. The summed E-state index contributed by atoms with van der Waals surface area (Å²) in [5.41, 5.74) is 5.94. The van der Waals surface area contributed by atoms with Crippen LogP contribution in [0, 0.1) is 5.41 Å². The first-order valence-electron chi connectivity index (χ1n) is 13.0. The largest absolute Gasteiger partial charge is 1.00 e. The minimum absolute atomic E-state index is 0. The van der Waals surface area contributed by atoms with Crippen LogP contribution in [0.25, 0.3) is 0 Å². The molecule has 192 valence electrons. The van der Waals surface area contributed by atoms with E-state index in [4.69, 9.17) is 0 Å². The van der Waals surface area contributed by atoms with E-state index < -0.39 is 0 Å². The molecule has 0 radical (unpaired) electrons. The van der Waals surface area contributed by atoms with Crippen LogP contribution >= 0.6 is 0 Å². The van der Waals surface area contributed by atoms with Crippen LogP contribution < -0.4 is 24.0 Å². The molecule has 3 heteroatoms. The van der Waals surface area contributed by atoms with Gasteiger partial charge in [-0.3, -0.25) is 0 Å². The molecule has 0 bridgehead atoms. The standard InChI is InChI=1S/C30H54NO.HI/c1-24(2)14-12-17-26(4)19-13-18-25(3)15-10-11-16-27(5)20-21-28-30(6,7)29(32)22-23-31(28,8)9;/h14-16,19,28-29,32H,10-13,17-18,20-23H2,1-9H3;1H/q+1;/p-1/b25-15+,26-19+,27-16+;/t28-,29-;/m0./s1. The maximum absolute atomic E-state index is 10.5. The second kappa shape index (κ2) is 15.6. The Hall–Kier alpha value is -0.390. The number of piperidine rings is 1. The Bertz CT molecular complexity index is 692. The summed E-state index contributed by atoms with van der Waals surface area (Å²) in [5.74, 6) is 0. The summed E-state index contributed by atoms with van der Waals surface area (Å²) < 4.78 is 1.03. The minimum atomic E-state index is -0.174. The number of halogens is 1. The number of unbranched alkanes of at least 4 members (excludes halogenated alkanes) is 1. The molecular formula is C30H54INO. The summed E-state index contributed by atoms with van der Waals surface area (Å²) >= 11 is 0. The number of likely N-dealkylation sites (tertiary alicyclic amines) is 1. The maximum Gasteiger partial charge on any atom is 0.0965 e. The fraction of sp³-hybridized carbons (Fsp3) is 0.733. The van der Waals surface area contributed by atoms with Crippen molar-refractivity contribution in [3.63, 3.8) is 0 Å². The molecule has 0 aromatic rings. The van der Waals surface area contributed by atoms with Gasteiger partial charge in [0.25, 0.3) is 0 Å². The van der Waals surface area contributed by atoms with E-state index in [2.05, 4.69) is 86.9 Å². The number of nitrogens with zero attached hydrogens (tertiary/aromatic N) is 1. The SMILES string of the molecule is CC(C)=CCC/C(C)=C/CC/C(C)=C/CC/C=C(\C)CC[C@H]1C(C)(C)[C@@H](O)CC[N+]1(C)C.[I-]. The van der Waals surface area contributed by atoms with Gasteiger partial charge in [0.15, 0.2) is 0 Å². The topological polar surface area (TPSA) is 20.2 Å². The monoisotopic (exact) mass is 571 g/mol. The molecule has 0 spiro atoms. The molecule has 0 aromatic carbocycles. The van der Waals surface area contributed by atoms with E-state index in [9.17, 15) is 5.11 Å². The molecule has 2 atom stereocenters. The van der Waals surface area contributed by atoms with E-state index in [1.54, 1.807) is 0 Å². The molecular weight excluding hydrogens is 517 g/mol. The van der Waals surface area contributed by atoms with Crippen molar-refractivity contribution in [2.75, 3.05) is 20.6 Å². The van der Waals surface area contributed by atoms with Crippen molar-refractivity contribution in [1.82, 2.24) is 0 Å². The van der Waals surface area contributed by atoms with Gasteiger partial charge in [0.05, 0.1) is 32.8 Å². The lowest BCUT2D eigenvalue weighted by Crippen LogP contribution is -3.00. The normalized spacial score (nSPS) is 23.2. The van der Waals surface area contributed by atoms with Gasteiger partial charge in [-0.2, -0.15) is 0 Å². The van der Waals surface area contributed by atoms with Gasteiger partial charge in [-0.05, 0) is 79.6 Å². The van der Waals surface area contributed by atoms with Crippen LogP contribution in [0.1, 0.15) is 106 Å². The molecule has 1 heterocycles. The second-order valence-corrected chi connectivity index (χ2v) is 11.8. The van der Waals surface area contributed by atoms with Gasteiger partial charge < -0.3 is 33.6 Å². The van der Waals surface area contributed by atoms with E-state index >= 15 is 0 Å². The first-order chi connectivity index (χ1) is 14.9. The molecule has 1 saturated heterocycles. The van der Waals surface area contributed by atoms with Crippen LogP contribution in [0.3, 0.4) is 0 Å². The summed E-state index contributed by atoms with van der Waals surface area (Å²) in [6.45, 7) is 16.8. The van der Waals surface area contributed by atoms with Crippen molar-refractivity contribution in [2.45, 2.75) is 118 Å². The third kappa shape index (κ3) is 12.2. The number of quaternary nitrogens is 1. The summed E-state index contributed by atoms with van der Waals surface area (Å²) in [6, 6.07) is 0.510. The van der Waals surface area contributed by atoms with E-state index in [-0.39, 0.29) is 35.5 Å². The Morgan fingerprint density at radius 1 is 0.788 bits per heavy atom. The maximum atomic E-state index is 10.5. The fourth-order valence-corrected chi connectivity index (χ4v) is 5.29. The summed E-state index contributed by atoms with van der Waals surface area (Å²) in [7, 11) is 4.68. The van der Waals surface area contributed by atoms with Gasteiger partial charge >= 0.3 is 0 Å². The summed E-state index contributed by atoms with van der Waals surface area (Å²) in [4.78, 5) is 0. The molecule has 1 aliphatic heterocycles. The minimum Gasteiger partial charge on any atom is -1.00 e. The molecule has 33 heavy (non-hydrogen) atoms. The number of hydrogen-bond acceptors (Lipinski definition) is 1. The van der Waals surface area contributed by atoms with Gasteiger partial charge in [0.1, 0.15) is 0 Å². The van der Waals surface area contributed by atoms with Crippen molar-refractivity contribution in [1.29, 1.82) is 0 Å². The first kappa shape index (κ1) is 32.6. The Labute approximate surface area is 223 Å². The lowest BCUT2D eigenvalue weighted by Gasteiger charge is -2.52. The third-order valence-corrected chi connectivity index (χ3v) is 7.63. The average molecular weight is 572 g/mol. The zero-order valence-electron chi connectivity index (χ0n) is 23.3. The van der Waals surface area contributed by atoms with E-state index in [1.165, 1.54) is 41.6 Å². The molecule has 1 N–H and O–H groups in total. The zero-order valence-corrected chi connectivity index (χ0v) is 25.5. The summed E-state index contributed by atoms with van der Waals surface area (Å²) in [6.07, 6.45) is 19.6. The van der Waals surface area contributed by atoms with Gasteiger partial charge in [0.2, 0.25) is 0 Å². The van der Waals surface area contributed by atoms with Crippen molar-refractivity contribution in [3.05, 3.63) is 46.6 Å². The molecule has 0 aromatic heterocycles. The van der Waals surface area contributed by atoms with Crippen LogP contribution in [0.15, 0.2) is 46.6 Å². The highest BCUT2D eigenvalue weighted by Gasteiger charge is 2.49. The van der Waals surface area contributed by atoms with E-state index in [1.807, 2.05) is 0 Å². The Balaban J connectivity index is 0.0000102. The number of aliphatic hydroxyl groups excluding tert-OH is 1. The van der Waals surface area contributed by atoms with Crippen LogP contribution in [-0.2, 0) is 0 Å². The fourth-order valence-electron chi connectivity index (χ4n) is 5.29. The van der Waals surface area contributed by atoms with Crippen molar-refractivity contribution in [3.8, 4) is 0 Å². The number of allylic oxidation sites excluding steroid dienone is 8. The molecule has 0 amide bonds. The van der Waals surface area contributed by atoms with Gasteiger partial charge in [0, 0.05) is 18.3 Å². The predicted molar refractivity (Wildman–Crippen MR) is 143 cm³/mol. The van der Waals surface area contributed by atoms with E-state index in [0.29, 0.717) is 6.04 Å². The Morgan fingerprint density at radius 2 is 1.24 bits per heavy atom. The molecule has 1 rings (SSSR count). The van der Waals surface area contributed by atoms with E-state index in [0.717, 1.165) is 49.6 Å². The molecule has 0 unspecified atom stereocenters. The van der Waals surface area contributed by atoms with Gasteiger partial charge in [-0.15, -0.1) is 0 Å². The van der Waals surface area contributed by atoms with Crippen LogP contribution in [0.5, 0.6) is 0 Å². The molecule has 2 nitrogen and oxygen atoms in total. The predicted octanol–water partition coefficient (Wildman–Crippen LogP) is 5.15. The second-order valence-electron chi connectivity index (χ2n) is 11.8.